The number of rotatable bonds is 3. The standard InChI is InChI=1S/C9H16FN/c10-9(5-6-9)4-3-8-2-1-7-11-8/h8,11H,1-7H2. The van der Waals surface area contributed by atoms with Crippen LogP contribution < -0.4 is 5.32 Å². The second kappa shape index (κ2) is 2.74. The number of alkyl halides is 1. The molecule has 0 bridgehead atoms. The van der Waals surface area contributed by atoms with E-state index in [4.69, 9.17) is 0 Å². The van der Waals surface area contributed by atoms with Crippen LogP contribution in [0.4, 0.5) is 4.39 Å². The Hall–Kier alpha value is -0.110. The van der Waals surface area contributed by atoms with Crippen LogP contribution in [0, 0.1) is 0 Å². The third-order valence-electron chi connectivity index (χ3n) is 2.90. The minimum atomic E-state index is -0.732. The van der Waals surface area contributed by atoms with E-state index < -0.39 is 5.67 Å². The van der Waals surface area contributed by atoms with Crippen molar-refractivity contribution in [1.82, 2.24) is 5.32 Å². The third-order valence-corrected chi connectivity index (χ3v) is 2.90. The second-order valence-corrected chi connectivity index (χ2v) is 3.98. The average Bonchev–Trinajstić information content (AvgIpc) is 2.53. The Kier molecular flexibility index (Phi) is 1.88. The molecule has 1 aliphatic heterocycles. The maximum absolute atomic E-state index is 13.1. The summed E-state index contributed by atoms with van der Waals surface area (Å²) in [5.74, 6) is 0. The Morgan fingerprint density at radius 2 is 2.27 bits per heavy atom. The highest BCUT2D eigenvalue weighted by Crippen LogP contribution is 2.44. The van der Waals surface area contributed by atoms with Gasteiger partial charge in [0.15, 0.2) is 0 Å². The van der Waals surface area contributed by atoms with E-state index in [1.807, 2.05) is 0 Å². The zero-order valence-electron chi connectivity index (χ0n) is 6.91. The Balaban J connectivity index is 1.65. The van der Waals surface area contributed by atoms with Gasteiger partial charge in [-0.15, -0.1) is 0 Å². The Morgan fingerprint density at radius 1 is 1.45 bits per heavy atom. The van der Waals surface area contributed by atoms with Crippen LogP contribution in [0.15, 0.2) is 0 Å². The third kappa shape index (κ3) is 1.92. The molecule has 2 heteroatoms. The molecular weight excluding hydrogens is 141 g/mol. The van der Waals surface area contributed by atoms with Gasteiger partial charge in [-0.3, -0.25) is 0 Å². The number of hydrogen-bond acceptors (Lipinski definition) is 1. The summed E-state index contributed by atoms with van der Waals surface area (Å²) in [6.45, 7) is 1.14. The van der Waals surface area contributed by atoms with Crippen LogP contribution >= 0.6 is 0 Å². The second-order valence-electron chi connectivity index (χ2n) is 3.98. The predicted molar refractivity (Wildman–Crippen MR) is 43.3 cm³/mol. The molecule has 2 rings (SSSR count). The van der Waals surface area contributed by atoms with Crippen molar-refractivity contribution in [2.75, 3.05) is 6.54 Å². The smallest absolute Gasteiger partial charge is 0.111 e. The summed E-state index contributed by atoms with van der Waals surface area (Å²) in [5, 5.41) is 3.39. The van der Waals surface area contributed by atoms with Crippen LogP contribution in [-0.2, 0) is 0 Å². The predicted octanol–water partition coefficient (Wildman–Crippen LogP) is 2.02. The summed E-state index contributed by atoms with van der Waals surface area (Å²) < 4.78 is 13.1. The molecule has 1 saturated heterocycles. The molecule has 1 aliphatic carbocycles. The molecule has 2 aliphatic rings. The van der Waals surface area contributed by atoms with Crippen LogP contribution in [0.25, 0.3) is 0 Å². The first-order valence-electron chi connectivity index (χ1n) is 4.71. The summed E-state index contributed by atoms with van der Waals surface area (Å²) in [6, 6.07) is 0.628. The summed E-state index contributed by atoms with van der Waals surface area (Å²) in [6.07, 6.45) is 6.03. The van der Waals surface area contributed by atoms with Crippen LogP contribution in [0.5, 0.6) is 0 Å². The number of nitrogens with one attached hydrogen (secondary N) is 1. The van der Waals surface area contributed by atoms with E-state index in [-0.39, 0.29) is 0 Å². The molecule has 2 fully saturated rings. The van der Waals surface area contributed by atoms with E-state index in [1.54, 1.807) is 0 Å². The molecule has 11 heavy (non-hydrogen) atoms. The van der Waals surface area contributed by atoms with Gasteiger partial charge in [-0.05, 0) is 45.1 Å². The van der Waals surface area contributed by atoms with E-state index in [2.05, 4.69) is 5.32 Å². The first-order chi connectivity index (χ1) is 5.29. The average molecular weight is 157 g/mol. The lowest BCUT2D eigenvalue weighted by Crippen LogP contribution is -2.22. The van der Waals surface area contributed by atoms with Gasteiger partial charge in [-0.1, -0.05) is 0 Å². The molecule has 1 N–H and O–H groups in total. The van der Waals surface area contributed by atoms with E-state index in [9.17, 15) is 4.39 Å². The van der Waals surface area contributed by atoms with Gasteiger partial charge in [0.1, 0.15) is 5.67 Å². The van der Waals surface area contributed by atoms with Gasteiger partial charge in [0.25, 0.3) is 0 Å². The molecule has 0 radical (unpaired) electrons. The van der Waals surface area contributed by atoms with Crippen molar-refractivity contribution in [3.63, 3.8) is 0 Å². The van der Waals surface area contributed by atoms with Crippen LogP contribution in [0.1, 0.15) is 38.5 Å². The van der Waals surface area contributed by atoms with Gasteiger partial charge in [-0.25, -0.2) is 4.39 Å². The first kappa shape index (κ1) is 7.53. The van der Waals surface area contributed by atoms with Gasteiger partial charge < -0.3 is 5.32 Å². The fourth-order valence-electron chi connectivity index (χ4n) is 1.82. The Morgan fingerprint density at radius 3 is 2.82 bits per heavy atom. The van der Waals surface area contributed by atoms with Gasteiger partial charge in [0, 0.05) is 6.04 Å². The van der Waals surface area contributed by atoms with Crippen molar-refractivity contribution in [3.05, 3.63) is 0 Å². The molecule has 64 valence electrons. The molecule has 1 unspecified atom stereocenters. The molecule has 1 heterocycles. The SMILES string of the molecule is FC1(CCC2CCCN2)CC1. The van der Waals surface area contributed by atoms with Crippen molar-refractivity contribution in [3.8, 4) is 0 Å². The quantitative estimate of drug-likeness (QED) is 0.661. The molecule has 1 saturated carbocycles. The van der Waals surface area contributed by atoms with Crippen molar-refractivity contribution in [2.24, 2.45) is 0 Å². The summed E-state index contributed by atoms with van der Waals surface area (Å²) in [4.78, 5) is 0. The lowest BCUT2D eigenvalue weighted by molar-refractivity contribution is 0.273. The van der Waals surface area contributed by atoms with E-state index in [0.29, 0.717) is 6.04 Å². The minimum Gasteiger partial charge on any atom is -0.314 e. The van der Waals surface area contributed by atoms with E-state index >= 15 is 0 Å². The maximum Gasteiger partial charge on any atom is 0.111 e. The zero-order valence-corrected chi connectivity index (χ0v) is 6.91. The normalized spacial score (nSPS) is 34.1. The summed E-state index contributed by atoms with van der Waals surface area (Å²) in [7, 11) is 0. The largest absolute Gasteiger partial charge is 0.314 e. The summed E-state index contributed by atoms with van der Waals surface area (Å²) >= 11 is 0. The van der Waals surface area contributed by atoms with Crippen LogP contribution in [0.3, 0.4) is 0 Å². The fourth-order valence-corrected chi connectivity index (χ4v) is 1.82. The highest BCUT2D eigenvalue weighted by molar-refractivity contribution is 4.95. The molecule has 1 nitrogen and oxygen atoms in total. The van der Waals surface area contributed by atoms with E-state index in [1.165, 1.54) is 12.8 Å². The maximum atomic E-state index is 13.1. The van der Waals surface area contributed by atoms with Crippen LogP contribution in [0.2, 0.25) is 0 Å². The van der Waals surface area contributed by atoms with Crippen molar-refractivity contribution >= 4 is 0 Å². The molecular formula is C9H16FN. The fraction of sp³-hybridized carbons (Fsp3) is 1.00. The molecule has 1 atom stereocenters. The van der Waals surface area contributed by atoms with Gasteiger partial charge in [-0.2, -0.15) is 0 Å². The Bertz CT molecular complexity index is 136. The van der Waals surface area contributed by atoms with Crippen molar-refractivity contribution in [2.45, 2.75) is 50.2 Å². The molecule has 0 amide bonds. The molecule has 0 spiro atoms. The minimum absolute atomic E-state index is 0.628. The molecule has 0 aromatic heterocycles. The molecule has 0 aromatic rings. The van der Waals surface area contributed by atoms with Gasteiger partial charge in [0.2, 0.25) is 0 Å². The Labute approximate surface area is 67.4 Å². The van der Waals surface area contributed by atoms with Crippen LogP contribution in [-0.4, -0.2) is 18.3 Å². The number of halogens is 1. The van der Waals surface area contributed by atoms with Crippen molar-refractivity contribution in [1.29, 1.82) is 0 Å². The number of hydrogen-bond donors (Lipinski definition) is 1. The first-order valence-corrected chi connectivity index (χ1v) is 4.71. The highest BCUT2D eigenvalue weighted by atomic mass is 19.1. The lowest BCUT2D eigenvalue weighted by Gasteiger charge is -2.10. The molecule has 0 aromatic carbocycles. The zero-order chi connectivity index (χ0) is 7.73. The lowest BCUT2D eigenvalue weighted by atomic mass is 10.1. The van der Waals surface area contributed by atoms with E-state index in [0.717, 1.165) is 32.2 Å². The van der Waals surface area contributed by atoms with Gasteiger partial charge in [0.05, 0.1) is 0 Å². The topological polar surface area (TPSA) is 12.0 Å². The van der Waals surface area contributed by atoms with Crippen molar-refractivity contribution < 1.29 is 4.39 Å². The highest BCUT2D eigenvalue weighted by Gasteiger charge is 2.42. The monoisotopic (exact) mass is 157 g/mol. The summed E-state index contributed by atoms with van der Waals surface area (Å²) in [5.41, 5.74) is -0.732. The van der Waals surface area contributed by atoms with Gasteiger partial charge >= 0.3 is 0 Å².